The van der Waals surface area contributed by atoms with Crippen molar-refractivity contribution < 1.29 is 4.79 Å². The summed E-state index contributed by atoms with van der Waals surface area (Å²) in [7, 11) is 2.03. The van der Waals surface area contributed by atoms with Crippen molar-refractivity contribution in [3.63, 3.8) is 0 Å². The second kappa shape index (κ2) is 8.52. The van der Waals surface area contributed by atoms with Gasteiger partial charge in [0.05, 0.1) is 0 Å². The van der Waals surface area contributed by atoms with Crippen molar-refractivity contribution in [3.8, 4) is 0 Å². The monoisotopic (exact) mass is 254 g/mol. The van der Waals surface area contributed by atoms with Crippen LogP contribution in [0, 0.1) is 5.92 Å². The van der Waals surface area contributed by atoms with Gasteiger partial charge in [-0.15, -0.1) is 0 Å². The van der Waals surface area contributed by atoms with Gasteiger partial charge in [-0.05, 0) is 45.6 Å². The van der Waals surface area contributed by atoms with Crippen molar-refractivity contribution >= 4 is 5.91 Å². The number of rotatable bonds is 7. The van der Waals surface area contributed by atoms with Crippen LogP contribution in [-0.2, 0) is 4.79 Å². The number of hydrogen-bond acceptors (Lipinski definition) is 2. The Bertz CT molecular complexity index is 235. The minimum Gasteiger partial charge on any atom is -0.353 e. The summed E-state index contributed by atoms with van der Waals surface area (Å²) in [6.45, 7) is 4.31. The minimum atomic E-state index is 0.229. The van der Waals surface area contributed by atoms with Gasteiger partial charge in [-0.3, -0.25) is 4.79 Å². The Balaban J connectivity index is 2.30. The highest BCUT2D eigenvalue weighted by atomic mass is 16.1. The van der Waals surface area contributed by atoms with Crippen LogP contribution >= 0.6 is 0 Å². The predicted molar refractivity (Wildman–Crippen MR) is 76.6 cm³/mol. The van der Waals surface area contributed by atoms with E-state index in [4.69, 9.17) is 0 Å². The molecule has 2 N–H and O–H groups in total. The first kappa shape index (κ1) is 15.5. The van der Waals surface area contributed by atoms with E-state index in [1.54, 1.807) is 0 Å². The molecule has 0 heterocycles. The Morgan fingerprint density at radius 3 is 2.28 bits per heavy atom. The highest BCUT2D eigenvalue weighted by molar-refractivity contribution is 5.78. The fourth-order valence-corrected chi connectivity index (χ4v) is 2.82. The summed E-state index contributed by atoms with van der Waals surface area (Å²) < 4.78 is 0. The maximum absolute atomic E-state index is 12.2. The molecule has 1 aliphatic carbocycles. The molecule has 0 aromatic rings. The van der Waals surface area contributed by atoms with E-state index in [1.165, 1.54) is 25.7 Å². The zero-order valence-electron chi connectivity index (χ0n) is 12.3. The lowest BCUT2D eigenvalue weighted by Gasteiger charge is -2.30. The molecule has 18 heavy (non-hydrogen) atoms. The largest absolute Gasteiger partial charge is 0.353 e. The van der Waals surface area contributed by atoms with Crippen LogP contribution in [0.25, 0.3) is 0 Å². The second-order valence-corrected chi connectivity index (χ2v) is 5.59. The highest BCUT2D eigenvalue weighted by Gasteiger charge is 2.23. The van der Waals surface area contributed by atoms with Crippen molar-refractivity contribution in [2.75, 3.05) is 7.05 Å². The quantitative estimate of drug-likeness (QED) is 0.733. The second-order valence-electron chi connectivity index (χ2n) is 5.59. The van der Waals surface area contributed by atoms with Crippen LogP contribution < -0.4 is 10.6 Å². The zero-order chi connectivity index (χ0) is 13.4. The number of carbonyl (C=O) groups excluding carboxylic acids is 1. The smallest absolute Gasteiger partial charge is 0.223 e. The Labute approximate surface area is 112 Å². The van der Waals surface area contributed by atoms with Gasteiger partial charge >= 0.3 is 0 Å². The van der Waals surface area contributed by atoms with Gasteiger partial charge in [0, 0.05) is 18.0 Å². The summed E-state index contributed by atoms with van der Waals surface area (Å²) in [4.78, 5) is 12.2. The van der Waals surface area contributed by atoms with Crippen LogP contribution in [0.3, 0.4) is 0 Å². The maximum Gasteiger partial charge on any atom is 0.223 e. The molecule has 1 rings (SSSR count). The van der Waals surface area contributed by atoms with E-state index < -0.39 is 0 Å². The van der Waals surface area contributed by atoms with Crippen LogP contribution in [-0.4, -0.2) is 25.0 Å². The molecule has 0 spiro atoms. The first-order chi connectivity index (χ1) is 8.71. The highest BCUT2D eigenvalue weighted by Crippen LogP contribution is 2.20. The molecule has 0 aliphatic heterocycles. The Morgan fingerprint density at radius 1 is 1.17 bits per heavy atom. The van der Waals surface area contributed by atoms with Crippen molar-refractivity contribution in [2.45, 2.75) is 77.3 Å². The molecule has 1 amide bonds. The molecule has 3 heteroatoms. The van der Waals surface area contributed by atoms with Gasteiger partial charge in [0.1, 0.15) is 0 Å². The van der Waals surface area contributed by atoms with Gasteiger partial charge in [0.25, 0.3) is 0 Å². The first-order valence-electron chi connectivity index (χ1n) is 7.68. The zero-order valence-corrected chi connectivity index (χ0v) is 12.3. The number of amides is 1. The standard InChI is InChI=1S/C15H30N2O/c1-4-6-7-12(5-2)15(18)17-14-10-8-13(16-3)9-11-14/h12-14,16H,4-11H2,1-3H3,(H,17,18). The van der Waals surface area contributed by atoms with Gasteiger partial charge in [-0.1, -0.05) is 26.7 Å². The molecular formula is C15H30N2O. The number of nitrogens with one attached hydrogen (secondary N) is 2. The minimum absolute atomic E-state index is 0.229. The third-order valence-corrected chi connectivity index (χ3v) is 4.25. The van der Waals surface area contributed by atoms with Crippen molar-refractivity contribution in [1.29, 1.82) is 0 Å². The molecule has 0 radical (unpaired) electrons. The van der Waals surface area contributed by atoms with Crippen LogP contribution in [0.1, 0.15) is 65.2 Å². The number of unbranched alkanes of at least 4 members (excludes halogenated alkanes) is 1. The molecular weight excluding hydrogens is 224 g/mol. The summed E-state index contributed by atoms with van der Waals surface area (Å²) in [6, 6.07) is 1.07. The molecule has 0 bridgehead atoms. The lowest BCUT2D eigenvalue weighted by Crippen LogP contribution is -2.43. The average molecular weight is 254 g/mol. The molecule has 1 atom stereocenters. The van der Waals surface area contributed by atoms with Crippen molar-refractivity contribution in [1.82, 2.24) is 10.6 Å². The van der Waals surface area contributed by atoms with E-state index >= 15 is 0 Å². The Morgan fingerprint density at radius 2 is 1.78 bits per heavy atom. The van der Waals surface area contributed by atoms with E-state index in [1.807, 2.05) is 7.05 Å². The predicted octanol–water partition coefficient (Wildman–Crippen LogP) is 2.85. The topological polar surface area (TPSA) is 41.1 Å². The summed E-state index contributed by atoms with van der Waals surface area (Å²) in [5.74, 6) is 0.519. The van der Waals surface area contributed by atoms with Gasteiger partial charge in [0.15, 0.2) is 0 Å². The lowest BCUT2D eigenvalue weighted by molar-refractivity contribution is -0.126. The maximum atomic E-state index is 12.2. The SMILES string of the molecule is CCCCC(CC)C(=O)NC1CCC(NC)CC1. The fraction of sp³-hybridized carbons (Fsp3) is 0.933. The molecule has 1 unspecified atom stereocenters. The molecule has 1 fully saturated rings. The first-order valence-corrected chi connectivity index (χ1v) is 7.68. The molecule has 106 valence electrons. The van der Waals surface area contributed by atoms with Crippen molar-refractivity contribution in [2.24, 2.45) is 5.92 Å². The Kier molecular flexibility index (Phi) is 7.33. The van der Waals surface area contributed by atoms with E-state index in [0.29, 0.717) is 18.0 Å². The number of carbonyl (C=O) groups is 1. The van der Waals surface area contributed by atoms with E-state index in [2.05, 4.69) is 24.5 Å². The summed E-state index contributed by atoms with van der Waals surface area (Å²) >= 11 is 0. The van der Waals surface area contributed by atoms with E-state index in [9.17, 15) is 4.79 Å². The van der Waals surface area contributed by atoms with E-state index in [-0.39, 0.29) is 5.92 Å². The summed E-state index contributed by atoms with van der Waals surface area (Å²) in [5, 5.41) is 6.58. The fourth-order valence-electron chi connectivity index (χ4n) is 2.82. The Hall–Kier alpha value is -0.570. The third-order valence-electron chi connectivity index (χ3n) is 4.25. The van der Waals surface area contributed by atoms with Crippen LogP contribution in [0.2, 0.25) is 0 Å². The molecule has 0 aromatic heterocycles. The van der Waals surface area contributed by atoms with Gasteiger partial charge in [-0.25, -0.2) is 0 Å². The molecule has 0 saturated heterocycles. The summed E-state index contributed by atoms with van der Waals surface area (Å²) in [6.07, 6.45) is 8.99. The normalized spacial score (nSPS) is 25.7. The van der Waals surface area contributed by atoms with Gasteiger partial charge in [0.2, 0.25) is 5.91 Å². The molecule has 1 aliphatic rings. The average Bonchev–Trinajstić information content (AvgIpc) is 2.40. The molecule has 0 aromatic carbocycles. The van der Waals surface area contributed by atoms with Gasteiger partial charge in [-0.2, -0.15) is 0 Å². The van der Waals surface area contributed by atoms with Crippen LogP contribution in [0.4, 0.5) is 0 Å². The van der Waals surface area contributed by atoms with Gasteiger partial charge < -0.3 is 10.6 Å². The molecule has 3 nitrogen and oxygen atoms in total. The number of hydrogen-bond donors (Lipinski definition) is 2. The van der Waals surface area contributed by atoms with Crippen LogP contribution in [0.5, 0.6) is 0 Å². The van der Waals surface area contributed by atoms with Crippen LogP contribution in [0.15, 0.2) is 0 Å². The lowest BCUT2D eigenvalue weighted by atomic mass is 9.90. The summed E-state index contributed by atoms with van der Waals surface area (Å²) in [5.41, 5.74) is 0. The third kappa shape index (κ3) is 4.97. The van der Waals surface area contributed by atoms with Crippen molar-refractivity contribution in [3.05, 3.63) is 0 Å². The molecule has 1 saturated carbocycles. The van der Waals surface area contributed by atoms with E-state index in [0.717, 1.165) is 25.7 Å².